The summed E-state index contributed by atoms with van der Waals surface area (Å²) in [6.45, 7) is 6.73. The molecule has 1 rings (SSSR count). The highest BCUT2D eigenvalue weighted by Crippen LogP contribution is 2.21. The molecule has 0 aliphatic rings. The van der Waals surface area contributed by atoms with E-state index < -0.39 is 0 Å². The van der Waals surface area contributed by atoms with Gasteiger partial charge >= 0.3 is 0 Å². The lowest BCUT2D eigenvalue weighted by Gasteiger charge is -2.21. The summed E-state index contributed by atoms with van der Waals surface area (Å²) in [4.78, 5) is 13.7. The lowest BCUT2D eigenvalue weighted by Crippen LogP contribution is -2.36. The van der Waals surface area contributed by atoms with E-state index in [2.05, 4.69) is 13.8 Å². The van der Waals surface area contributed by atoms with Crippen molar-refractivity contribution >= 4 is 17.5 Å². The lowest BCUT2D eigenvalue weighted by atomic mass is 10.0. The molecule has 0 fully saturated rings. The van der Waals surface area contributed by atoms with Crippen LogP contribution in [0, 0.1) is 12.8 Å². The lowest BCUT2D eigenvalue weighted by molar-refractivity contribution is -0.132. The van der Waals surface area contributed by atoms with Crippen molar-refractivity contribution in [3.8, 4) is 5.75 Å². The number of halogens is 1. The van der Waals surface area contributed by atoms with Crippen molar-refractivity contribution in [2.24, 2.45) is 11.7 Å². The number of hydrogen-bond acceptors (Lipinski definition) is 3. The smallest absolute Gasteiger partial charge is 0.260 e. The van der Waals surface area contributed by atoms with Crippen LogP contribution in [0.3, 0.4) is 0 Å². The van der Waals surface area contributed by atoms with Gasteiger partial charge in [-0.2, -0.15) is 0 Å². The first kappa shape index (κ1) is 17.8. The minimum Gasteiger partial charge on any atom is -0.483 e. The second-order valence-electron chi connectivity index (χ2n) is 5.71. The molecule has 1 amide bonds. The van der Waals surface area contributed by atoms with Gasteiger partial charge in [0.05, 0.1) is 0 Å². The van der Waals surface area contributed by atoms with Crippen LogP contribution in [-0.2, 0) is 4.79 Å². The summed E-state index contributed by atoms with van der Waals surface area (Å²) in [6.07, 6.45) is 0.792. The number of aryl methyl sites for hydroxylation is 1. The number of likely N-dealkylation sites (N-methyl/N-ethyl adjacent to an activating group) is 1. The van der Waals surface area contributed by atoms with Crippen molar-refractivity contribution in [2.75, 3.05) is 20.2 Å². The third-order valence-corrected chi connectivity index (χ3v) is 3.80. The van der Waals surface area contributed by atoms with Gasteiger partial charge < -0.3 is 15.4 Å². The first-order valence-electron chi connectivity index (χ1n) is 7.19. The van der Waals surface area contributed by atoms with Crippen molar-refractivity contribution < 1.29 is 9.53 Å². The van der Waals surface area contributed by atoms with E-state index in [1.54, 1.807) is 24.1 Å². The van der Waals surface area contributed by atoms with Gasteiger partial charge in [-0.15, -0.1) is 0 Å². The minimum absolute atomic E-state index is 0.0237. The van der Waals surface area contributed by atoms with Crippen LogP contribution >= 0.6 is 11.6 Å². The Morgan fingerprint density at radius 1 is 1.43 bits per heavy atom. The first-order chi connectivity index (χ1) is 9.81. The minimum atomic E-state index is -0.0553. The van der Waals surface area contributed by atoms with E-state index in [0.29, 0.717) is 23.2 Å². The van der Waals surface area contributed by atoms with E-state index in [-0.39, 0.29) is 18.6 Å². The van der Waals surface area contributed by atoms with Crippen LogP contribution in [0.1, 0.15) is 25.8 Å². The Balaban J connectivity index is 2.42. The quantitative estimate of drug-likeness (QED) is 0.842. The van der Waals surface area contributed by atoms with E-state index in [0.717, 1.165) is 12.0 Å². The fraction of sp³-hybridized carbons (Fsp3) is 0.562. The van der Waals surface area contributed by atoms with Gasteiger partial charge in [0, 0.05) is 24.7 Å². The monoisotopic (exact) mass is 312 g/mol. The maximum Gasteiger partial charge on any atom is 0.260 e. The van der Waals surface area contributed by atoms with E-state index in [1.165, 1.54) is 0 Å². The number of rotatable bonds is 7. The third-order valence-electron chi connectivity index (χ3n) is 3.57. The summed E-state index contributed by atoms with van der Waals surface area (Å²) in [7, 11) is 1.77. The number of carbonyl (C=O) groups is 1. The van der Waals surface area contributed by atoms with Gasteiger partial charge in [0.25, 0.3) is 5.91 Å². The van der Waals surface area contributed by atoms with Gasteiger partial charge in [-0.25, -0.2) is 0 Å². The Hall–Kier alpha value is -1.26. The van der Waals surface area contributed by atoms with E-state index >= 15 is 0 Å². The molecule has 118 valence electrons. The molecular formula is C16H25ClN2O2. The molecule has 5 heteroatoms. The molecule has 0 aromatic heterocycles. The predicted molar refractivity (Wildman–Crippen MR) is 86.8 cm³/mol. The van der Waals surface area contributed by atoms with E-state index in [4.69, 9.17) is 22.1 Å². The molecule has 0 radical (unpaired) electrons. The highest BCUT2D eigenvalue weighted by molar-refractivity contribution is 6.30. The summed E-state index contributed by atoms with van der Waals surface area (Å²) >= 11 is 5.88. The Kier molecular flexibility index (Phi) is 6.99. The summed E-state index contributed by atoms with van der Waals surface area (Å²) in [5.41, 5.74) is 6.90. The Bertz CT molecular complexity index is 477. The van der Waals surface area contributed by atoms with Crippen LogP contribution in [0.4, 0.5) is 0 Å². The zero-order chi connectivity index (χ0) is 16.0. The van der Waals surface area contributed by atoms with Gasteiger partial charge in [0.15, 0.2) is 6.61 Å². The normalized spacial score (nSPS) is 12.3. The third kappa shape index (κ3) is 5.94. The molecule has 4 nitrogen and oxygen atoms in total. The SMILES string of the molecule is Cc1cc(Cl)ccc1OCC(=O)N(C)CCC(N)C(C)C. The molecule has 0 bridgehead atoms. The average Bonchev–Trinajstić information content (AvgIpc) is 2.42. The van der Waals surface area contributed by atoms with Crippen LogP contribution in [0.25, 0.3) is 0 Å². The van der Waals surface area contributed by atoms with Gasteiger partial charge in [-0.1, -0.05) is 25.4 Å². The Labute approximate surface area is 132 Å². The van der Waals surface area contributed by atoms with Crippen LogP contribution in [0.2, 0.25) is 5.02 Å². The number of benzene rings is 1. The summed E-state index contributed by atoms with van der Waals surface area (Å²) in [5, 5.41) is 0.658. The topological polar surface area (TPSA) is 55.6 Å². The fourth-order valence-electron chi connectivity index (χ4n) is 1.83. The first-order valence-corrected chi connectivity index (χ1v) is 7.57. The van der Waals surface area contributed by atoms with E-state index in [1.807, 2.05) is 13.0 Å². The molecular weight excluding hydrogens is 288 g/mol. The second-order valence-corrected chi connectivity index (χ2v) is 6.15. The molecule has 0 heterocycles. The van der Waals surface area contributed by atoms with Crippen molar-refractivity contribution in [3.63, 3.8) is 0 Å². The van der Waals surface area contributed by atoms with Crippen LogP contribution in [0.15, 0.2) is 18.2 Å². The van der Waals surface area contributed by atoms with Crippen molar-refractivity contribution in [2.45, 2.75) is 33.2 Å². The summed E-state index contributed by atoms with van der Waals surface area (Å²) in [5.74, 6) is 1.04. The largest absolute Gasteiger partial charge is 0.483 e. The molecule has 1 aromatic carbocycles. The maximum absolute atomic E-state index is 12.0. The molecule has 1 atom stereocenters. The van der Waals surface area contributed by atoms with Gasteiger partial charge in [0.2, 0.25) is 0 Å². The fourth-order valence-corrected chi connectivity index (χ4v) is 2.05. The van der Waals surface area contributed by atoms with Crippen LogP contribution < -0.4 is 10.5 Å². The molecule has 2 N–H and O–H groups in total. The average molecular weight is 313 g/mol. The highest BCUT2D eigenvalue weighted by atomic mass is 35.5. The van der Waals surface area contributed by atoms with Crippen molar-refractivity contribution in [3.05, 3.63) is 28.8 Å². The number of carbonyl (C=O) groups excluding carboxylic acids is 1. The van der Waals surface area contributed by atoms with Crippen LogP contribution in [0.5, 0.6) is 5.75 Å². The number of hydrogen-bond donors (Lipinski definition) is 1. The summed E-state index contributed by atoms with van der Waals surface area (Å²) in [6, 6.07) is 5.45. The number of nitrogens with zero attached hydrogens (tertiary/aromatic N) is 1. The molecule has 0 aliphatic heterocycles. The Morgan fingerprint density at radius 3 is 2.67 bits per heavy atom. The van der Waals surface area contributed by atoms with Crippen molar-refractivity contribution in [1.29, 1.82) is 0 Å². The number of amides is 1. The van der Waals surface area contributed by atoms with Gasteiger partial charge in [0.1, 0.15) is 5.75 Å². The molecule has 1 unspecified atom stereocenters. The molecule has 0 spiro atoms. The zero-order valence-electron chi connectivity index (χ0n) is 13.2. The number of nitrogens with two attached hydrogens (primary N) is 1. The second kappa shape index (κ2) is 8.25. The van der Waals surface area contributed by atoms with Crippen molar-refractivity contribution in [1.82, 2.24) is 4.90 Å². The van der Waals surface area contributed by atoms with Gasteiger partial charge in [-0.05, 0) is 43.0 Å². The standard InChI is InChI=1S/C16H25ClN2O2/c1-11(2)14(18)7-8-19(4)16(20)10-21-15-6-5-13(17)9-12(15)3/h5-6,9,11,14H,7-8,10,18H2,1-4H3. The van der Waals surface area contributed by atoms with E-state index in [9.17, 15) is 4.79 Å². The number of ether oxygens (including phenoxy) is 1. The molecule has 0 saturated heterocycles. The molecule has 1 aromatic rings. The zero-order valence-corrected chi connectivity index (χ0v) is 14.0. The van der Waals surface area contributed by atoms with Gasteiger partial charge in [-0.3, -0.25) is 4.79 Å². The maximum atomic E-state index is 12.0. The van der Waals surface area contributed by atoms with Crippen LogP contribution in [-0.4, -0.2) is 37.0 Å². The predicted octanol–water partition coefficient (Wildman–Crippen LogP) is 2.86. The molecule has 21 heavy (non-hydrogen) atoms. The Morgan fingerprint density at radius 2 is 2.10 bits per heavy atom. The highest BCUT2D eigenvalue weighted by Gasteiger charge is 2.13. The summed E-state index contributed by atoms with van der Waals surface area (Å²) < 4.78 is 5.55. The molecule has 0 aliphatic carbocycles. The molecule has 0 saturated carbocycles.